The molecule has 1 atom stereocenters. The number of hydrogen-bond acceptors (Lipinski definition) is 3. The van der Waals surface area contributed by atoms with E-state index in [2.05, 4.69) is 53.3 Å². The van der Waals surface area contributed by atoms with Crippen molar-refractivity contribution in [1.82, 2.24) is 5.32 Å². The van der Waals surface area contributed by atoms with Crippen LogP contribution in [-0.4, -0.2) is 13.7 Å². The van der Waals surface area contributed by atoms with Gasteiger partial charge in [0.25, 0.3) is 0 Å². The van der Waals surface area contributed by atoms with Gasteiger partial charge in [-0.1, -0.05) is 19.1 Å². The van der Waals surface area contributed by atoms with Crippen LogP contribution in [0.15, 0.2) is 34.8 Å². The SMILES string of the molecule is CCNC(CCc1ccc(OC)cc1)c1cc(Br)c(C)s1. The molecule has 2 nitrogen and oxygen atoms in total. The van der Waals surface area contributed by atoms with E-state index < -0.39 is 0 Å². The highest BCUT2D eigenvalue weighted by molar-refractivity contribution is 9.10. The standard InChI is InChI=1S/C17H22BrNOS/c1-4-19-16(17-11-15(18)12(2)21-17)10-7-13-5-8-14(20-3)9-6-13/h5-6,8-9,11,16,19H,4,7,10H2,1-3H3. The average Bonchev–Trinajstić information content (AvgIpc) is 2.83. The summed E-state index contributed by atoms with van der Waals surface area (Å²) >= 11 is 5.49. The van der Waals surface area contributed by atoms with E-state index in [9.17, 15) is 0 Å². The number of benzene rings is 1. The lowest BCUT2D eigenvalue weighted by Gasteiger charge is -2.16. The van der Waals surface area contributed by atoms with E-state index in [1.165, 1.54) is 19.8 Å². The molecule has 1 aromatic heterocycles. The van der Waals surface area contributed by atoms with Crippen molar-refractivity contribution in [3.05, 3.63) is 50.1 Å². The first kappa shape index (κ1) is 16.5. The fourth-order valence-corrected chi connectivity index (χ4v) is 4.02. The zero-order valence-electron chi connectivity index (χ0n) is 12.8. The second-order valence-electron chi connectivity index (χ2n) is 5.05. The van der Waals surface area contributed by atoms with Gasteiger partial charge in [-0.15, -0.1) is 11.3 Å². The Kier molecular flexibility index (Phi) is 6.27. The summed E-state index contributed by atoms with van der Waals surface area (Å²) in [4.78, 5) is 2.76. The molecular formula is C17H22BrNOS. The van der Waals surface area contributed by atoms with Crippen molar-refractivity contribution in [2.75, 3.05) is 13.7 Å². The first-order valence-corrected chi connectivity index (χ1v) is 8.87. The summed E-state index contributed by atoms with van der Waals surface area (Å²) in [5, 5.41) is 3.60. The molecule has 1 unspecified atom stereocenters. The molecule has 0 aliphatic carbocycles. The summed E-state index contributed by atoms with van der Waals surface area (Å²) in [5.41, 5.74) is 1.35. The number of rotatable bonds is 7. The van der Waals surface area contributed by atoms with Crippen LogP contribution >= 0.6 is 27.3 Å². The maximum absolute atomic E-state index is 5.20. The third-order valence-corrected chi connectivity index (χ3v) is 5.80. The van der Waals surface area contributed by atoms with Gasteiger partial charge in [-0.3, -0.25) is 0 Å². The van der Waals surface area contributed by atoms with E-state index >= 15 is 0 Å². The van der Waals surface area contributed by atoms with Gasteiger partial charge in [0.2, 0.25) is 0 Å². The summed E-state index contributed by atoms with van der Waals surface area (Å²) < 4.78 is 6.42. The molecule has 0 aliphatic rings. The number of methoxy groups -OCH3 is 1. The topological polar surface area (TPSA) is 21.3 Å². The van der Waals surface area contributed by atoms with Crippen molar-refractivity contribution in [3.63, 3.8) is 0 Å². The first-order chi connectivity index (χ1) is 10.1. The fourth-order valence-electron chi connectivity index (χ4n) is 2.35. The van der Waals surface area contributed by atoms with Gasteiger partial charge in [0, 0.05) is 20.3 Å². The number of aryl methyl sites for hydroxylation is 2. The number of halogens is 1. The molecule has 1 aromatic carbocycles. The highest BCUT2D eigenvalue weighted by atomic mass is 79.9. The molecule has 0 spiro atoms. The van der Waals surface area contributed by atoms with Gasteiger partial charge >= 0.3 is 0 Å². The van der Waals surface area contributed by atoms with Crippen LogP contribution < -0.4 is 10.1 Å². The Morgan fingerprint density at radius 2 is 2.00 bits per heavy atom. The average molecular weight is 368 g/mol. The number of nitrogens with one attached hydrogen (secondary N) is 1. The Hall–Kier alpha value is -0.840. The molecule has 114 valence electrons. The van der Waals surface area contributed by atoms with Crippen LogP contribution in [0, 0.1) is 6.92 Å². The smallest absolute Gasteiger partial charge is 0.118 e. The molecule has 21 heavy (non-hydrogen) atoms. The lowest BCUT2D eigenvalue weighted by Crippen LogP contribution is -2.20. The van der Waals surface area contributed by atoms with Crippen molar-refractivity contribution in [2.45, 2.75) is 32.7 Å². The number of thiophene rings is 1. The molecule has 0 saturated heterocycles. The third-order valence-electron chi connectivity index (χ3n) is 3.55. The summed E-state index contributed by atoms with van der Waals surface area (Å²) in [5.74, 6) is 0.916. The quantitative estimate of drug-likeness (QED) is 0.733. The van der Waals surface area contributed by atoms with Crippen LogP contribution in [-0.2, 0) is 6.42 Å². The van der Waals surface area contributed by atoms with Crippen LogP contribution in [0.5, 0.6) is 5.75 Å². The van der Waals surface area contributed by atoms with E-state index in [-0.39, 0.29) is 0 Å². The van der Waals surface area contributed by atoms with Gasteiger partial charge in [0.15, 0.2) is 0 Å². The number of ether oxygens (including phenoxy) is 1. The van der Waals surface area contributed by atoms with E-state index in [1.807, 2.05) is 23.5 Å². The lowest BCUT2D eigenvalue weighted by atomic mass is 10.0. The maximum Gasteiger partial charge on any atom is 0.118 e. The van der Waals surface area contributed by atoms with Crippen LogP contribution in [0.3, 0.4) is 0 Å². The largest absolute Gasteiger partial charge is 0.497 e. The first-order valence-electron chi connectivity index (χ1n) is 7.26. The minimum Gasteiger partial charge on any atom is -0.497 e. The summed E-state index contributed by atoms with van der Waals surface area (Å²) in [6.45, 7) is 5.31. The third kappa shape index (κ3) is 4.56. The van der Waals surface area contributed by atoms with E-state index in [1.54, 1.807) is 7.11 Å². The zero-order valence-corrected chi connectivity index (χ0v) is 15.2. The highest BCUT2D eigenvalue weighted by Gasteiger charge is 2.14. The van der Waals surface area contributed by atoms with Gasteiger partial charge < -0.3 is 10.1 Å². The van der Waals surface area contributed by atoms with Crippen molar-refractivity contribution < 1.29 is 4.74 Å². The van der Waals surface area contributed by atoms with Crippen molar-refractivity contribution in [2.24, 2.45) is 0 Å². The minimum absolute atomic E-state index is 0.423. The minimum atomic E-state index is 0.423. The predicted octanol–water partition coefficient (Wildman–Crippen LogP) is 5.11. The van der Waals surface area contributed by atoms with Crippen molar-refractivity contribution >= 4 is 27.3 Å². The zero-order chi connectivity index (χ0) is 15.2. The van der Waals surface area contributed by atoms with Crippen molar-refractivity contribution in [3.8, 4) is 5.75 Å². The predicted molar refractivity (Wildman–Crippen MR) is 94.5 cm³/mol. The molecule has 0 fully saturated rings. The molecule has 1 heterocycles. The highest BCUT2D eigenvalue weighted by Crippen LogP contribution is 2.32. The molecule has 1 N–H and O–H groups in total. The molecule has 0 saturated carbocycles. The Morgan fingerprint density at radius 3 is 2.52 bits per heavy atom. The normalized spacial score (nSPS) is 12.4. The van der Waals surface area contributed by atoms with Crippen LogP contribution in [0.2, 0.25) is 0 Å². The number of hydrogen-bond donors (Lipinski definition) is 1. The monoisotopic (exact) mass is 367 g/mol. The fraction of sp³-hybridized carbons (Fsp3) is 0.412. The molecule has 0 amide bonds. The molecule has 0 aliphatic heterocycles. The Morgan fingerprint density at radius 1 is 1.29 bits per heavy atom. The summed E-state index contributed by atoms with van der Waals surface area (Å²) in [7, 11) is 1.70. The molecule has 0 radical (unpaired) electrons. The maximum atomic E-state index is 5.20. The molecule has 4 heteroatoms. The summed E-state index contributed by atoms with van der Waals surface area (Å²) in [6, 6.07) is 11.0. The van der Waals surface area contributed by atoms with E-state index in [0.29, 0.717) is 6.04 Å². The lowest BCUT2D eigenvalue weighted by molar-refractivity contribution is 0.414. The van der Waals surface area contributed by atoms with Gasteiger partial charge in [-0.2, -0.15) is 0 Å². The van der Waals surface area contributed by atoms with Gasteiger partial charge in [0.1, 0.15) is 5.75 Å². The van der Waals surface area contributed by atoms with Crippen LogP contribution in [0.4, 0.5) is 0 Å². The molecule has 2 aromatic rings. The molecule has 2 rings (SSSR count). The van der Waals surface area contributed by atoms with Gasteiger partial charge in [-0.05, 0) is 66.0 Å². The van der Waals surface area contributed by atoms with E-state index in [0.717, 1.165) is 25.1 Å². The van der Waals surface area contributed by atoms with Crippen LogP contribution in [0.1, 0.15) is 34.7 Å². The second-order valence-corrected chi connectivity index (χ2v) is 7.19. The molecule has 0 bridgehead atoms. The summed E-state index contributed by atoms with van der Waals surface area (Å²) in [6.07, 6.45) is 2.17. The Bertz CT molecular complexity index is 545. The Balaban J connectivity index is 2.02. The van der Waals surface area contributed by atoms with Crippen molar-refractivity contribution in [1.29, 1.82) is 0 Å². The Labute approximate surface area is 139 Å². The van der Waals surface area contributed by atoms with Crippen LogP contribution in [0.25, 0.3) is 0 Å². The molecular weight excluding hydrogens is 346 g/mol. The van der Waals surface area contributed by atoms with Gasteiger partial charge in [-0.25, -0.2) is 0 Å². The van der Waals surface area contributed by atoms with E-state index in [4.69, 9.17) is 4.74 Å². The van der Waals surface area contributed by atoms with Gasteiger partial charge in [0.05, 0.1) is 7.11 Å². The second kappa shape index (κ2) is 7.97.